The summed E-state index contributed by atoms with van der Waals surface area (Å²) < 4.78 is 11.5. The Morgan fingerprint density at radius 2 is 1.83 bits per heavy atom. The van der Waals surface area contributed by atoms with Gasteiger partial charge in [-0.15, -0.1) is 0 Å². The molecule has 0 aromatic rings. The van der Waals surface area contributed by atoms with E-state index in [1.807, 2.05) is 6.92 Å². The number of carbonyl (C=O) groups excluding carboxylic acids is 2. The first kappa shape index (κ1) is 19.6. The van der Waals surface area contributed by atoms with Crippen LogP contribution in [0, 0.1) is 16.7 Å². The Labute approximate surface area is 146 Å². The van der Waals surface area contributed by atoms with Crippen molar-refractivity contribution in [2.45, 2.75) is 85.4 Å². The maximum atomic E-state index is 12.4. The Balaban J connectivity index is 1.84. The molecule has 24 heavy (non-hydrogen) atoms. The lowest BCUT2D eigenvalue weighted by molar-refractivity contribution is -0.216. The zero-order valence-electron chi connectivity index (χ0n) is 16.1. The van der Waals surface area contributed by atoms with Crippen molar-refractivity contribution >= 4 is 11.6 Å². The van der Waals surface area contributed by atoms with E-state index in [0.29, 0.717) is 50.6 Å². The maximum Gasteiger partial charge on any atom is 0.170 e. The molecule has 2 atom stereocenters. The van der Waals surface area contributed by atoms with Gasteiger partial charge in [0, 0.05) is 30.1 Å². The third-order valence-corrected chi connectivity index (χ3v) is 6.79. The smallest absolute Gasteiger partial charge is 0.170 e. The second-order valence-electron chi connectivity index (χ2n) is 8.70. The number of rotatable bonds is 7. The lowest BCUT2D eigenvalue weighted by Crippen LogP contribution is -2.43. The van der Waals surface area contributed by atoms with Crippen molar-refractivity contribution in [2.24, 2.45) is 16.7 Å². The molecule has 2 aliphatic rings. The summed E-state index contributed by atoms with van der Waals surface area (Å²) in [5.41, 5.74) is -0.524. The highest BCUT2D eigenvalue weighted by molar-refractivity contribution is 5.86. The average molecular weight is 338 g/mol. The topological polar surface area (TPSA) is 52.6 Å². The SMILES string of the molecule is CC1CCCC(=O)C1(C)CCC(=O)CCC(C)(C)C1(C)OCCO1. The summed E-state index contributed by atoms with van der Waals surface area (Å²) >= 11 is 0. The first-order valence-electron chi connectivity index (χ1n) is 9.44. The number of hydrogen-bond donors (Lipinski definition) is 0. The highest BCUT2D eigenvalue weighted by atomic mass is 16.7. The Hall–Kier alpha value is -0.740. The highest BCUT2D eigenvalue weighted by Gasteiger charge is 2.46. The Morgan fingerprint density at radius 3 is 2.42 bits per heavy atom. The maximum absolute atomic E-state index is 12.4. The molecule has 0 N–H and O–H groups in total. The number of ether oxygens (including phenoxy) is 2. The normalized spacial score (nSPS) is 30.5. The molecule has 2 rings (SSSR count). The predicted molar refractivity (Wildman–Crippen MR) is 93.7 cm³/mol. The van der Waals surface area contributed by atoms with Crippen LogP contribution in [0.2, 0.25) is 0 Å². The second kappa shape index (κ2) is 7.25. The van der Waals surface area contributed by atoms with E-state index in [4.69, 9.17) is 9.47 Å². The molecule has 4 nitrogen and oxygen atoms in total. The van der Waals surface area contributed by atoms with Gasteiger partial charge in [0.05, 0.1) is 13.2 Å². The van der Waals surface area contributed by atoms with Crippen molar-refractivity contribution in [3.8, 4) is 0 Å². The van der Waals surface area contributed by atoms with E-state index >= 15 is 0 Å². The van der Waals surface area contributed by atoms with Gasteiger partial charge in [-0.25, -0.2) is 0 Å². The lowest BCUT2D eigenvalue weighted by atomic mass is 9.65. The molecule has 2 fully saturated rings. The molecule has 138 valence electrons. The summed E-state index contributed by atoms with van der Waals surface area (Å²) in [5, 5.41) is 0. The summed E-state index contributed by atoms with van der Waals surface area (Å²) in [6.07, 6.45) is 5.22. The van der Waals surface area contributed by atoms with Crippen LogP contribution in [0.1, 0.15) is 79.6 Å². The monoisotopic (exact) mass is 338 g/mol. The summed E-state index contributed by atoms with van der Waals surface area (Å²) in [6, 6.07) is 0. The van der Waals surface area contributed by atoms with Gasteiger partial charge in [-0.1, -0.05) is 27.7 Å². The van der Waals surface area contributed by atoms with Crippen LogP contribution in [0.3, 0.4) is 0 Å². The Kier molecular flexibility index (Phi) is 5.91. The molecule has 0 aromatic heterocycles. The number of hydrogen-bond acceptors (Lipinski definition) is 4. The fourth-order valence-corrected chi connectivity index (χ4v) is 3.94. The minimum Gasteiger partial charge on any atom is -0.347 e. The molecule has 0 aromatic carbocycles. The van der Waals surface area contributed by atoms with Gasteiger partial charge < -0.3 is 9.47 Å². The molecule has 0 amide bonds. The van der Waals surface area contributed by atoms with Crippen molar-refractivity contribution in [3.05, 3.63) is 0 Å². The third-order valence-electron chi connectivity index (χ3n) is 6.79. The van der Waals surface area contributed by atoms with Crippen LogP contribution in [0.4, 0.5) is 0 Å². The lowest BCUT2D eigenvalue weighted by Gasteiger charge is -2.39. The summed E-state index contributed by atoms with van der Waals surface area (Å²) in [4.78, 5) is 24.7. The first-order chi connectivity index (χ1) is 11.1. The molecule has 1 aliphatic carbocycles. The van der Waals surface area contributed by atoms with Crippen LogP contribution < -0.4 is 0 Å². The van der Waals surface area contributed by atoms with E-state index in [9.17, 15) is 9.59 Å². The van der Waals surface area contributed by atoms with Crippen LogP contribution in [0.5, 0.6) is 0 Å². The van der Waals surface area contributed by atoms with E-state index in [0.717, 1.165) is 19.3 Å². The van der Waals surface area contributed by atoms with Crippen molar-refractivity contribution in [3.63, 3.8) is 0 Å². The molecule has 1 saturated carbocycles. The Bertz CT molecular complexity index is 476. The van der Waals surface area contributed by atoms with Crippen LogP contribution >= 0.6 is 0 Å². The van der Waals surface area contributed by atoms with Gasteiger partial charge in [0.1, 0.15) is 11.6 Å². The van der Waals surface area contributed by atoms with E-state index in [1.165, 1.54) is 0 Å². The fraction of sp³-hybridized carbons (Fsp3) is 0.900. The van der Waals surface area contributed by atoms with E-state index in [1.54, 1.807) is 0 Å². The quantitative estimate of drug-likeness (QED) is 0.694. The molecular weight excluding hydrogens is 304 g/mol. The van der Waals surface area contributed by atoms with Crippen molar-refractivity contribution in [2.75, 3.05) is 13.2 Å². The van der Waals surface area contributed by atoms with Crippen molar-refractivity contribution in [1.82, 2.24) is 0 Å². The number of carbonyl (C=O) groups is 2. The minimum absolute atomic E-state index is 0.211. The molecule has 1 saturated heterocycles. The average Bonchev–Trinajstić information content (AvgIpc) is 2.97. The molecule has 1 heterocycles. The summed E-state index contributed by atoms with van der Waals surface area (Å²) in [7, 11) is 0. The van der Waals surface area contributed by atoms with Gasteiger partial charge in [-0.3, -0.25) is 9.59 Å². The standard InChI is InChI=1S/C20H34O4/c1-15-7-6-8-17(22)19(15,4)12-10-16(21)9-11-18(2,3)20(5)23-13-14-24-20/h15H,6-14H2,1-5H3. The van der Waals surface area contributed by atoms with Gasteiger partial charge in [0.2, 0.25) is 0 Å². The summed E-state index contributed by atoms with van der Waals surface area (Å²) in [6.45, 7) is 11.6. The van der Waals surface area contributed by atoms with Crippen LogP contribution in [-0.2, 0) is 19.1 Å². The second-order valence-corrected chi connectivity index (χ2v) is 8.70. The molecule has 0 bridgehead atoms. The van der Waals surface area contributed by atoms with Gasteiger partial charge in [-0.05, 0) is 38.5 Å². The molecular formula is C20H34O4. The largest absolute Gasteiger partial charge is 0.347 e. The molecule has 0 radical (unpaired) electrons. The van der Waals surface area contributed by atoms with Gasteiger partial charge >= 0.3 is 0 Å². The van der Waals surface area contributed by atoms with Crippen LogP contribution in [0.25, 0.3) is 0 Å². The molecule has 0 spiro atoms. The fourth-order valence-electron chi connectivity index (χ4n) is 3.94. The van der Waals surface area contributed by atoms with Gasteiger partial charge in [0.25, 0.3) is 0 Å². The minimum atomic E-state index is -0.604. The third kappa shape index (κ3) is 3.91. The molecule has 1 aliphatic heterocycles. The highest BCUT2D eigenvalue weighted by Crippen LogP contribution is 2.43. The first-order valence-corrected chi connectivity index (χ1v) is 9.44. The molecule has 4 heteroatoms. The zero-order chi connectivity index (χ0) is 18.0. The molecule has 2 unspecified atom stereocenters. The van der Waals surface area contributed by atoms with Crippen molar-refractivity contribution < 1.29 is 19.1 Å². The van der Waals surface area contributed by atoms with Gasteiger partial charge in [0.15, 0.2) is 5.79 Å². The van der Waals surface area contributed by atoms with Crippen molar-refractivity contribution in [1.29, 1.82) is 0 Å². The van der Waals surface area contributed by atoms with E-state index < -0.39 is 5.79 Å². The Morgan fingerprint density at radius 1 is 1.21 bits per heavy atom. The summed E-state index contributed by atoms with van der Waals surface area (Å²) in [5.74, 6) is 0.362. The van der Waals surface area contributed by atoms with Gasteiger partial charge in [-0.2, -0.15) is 0 Å². The van der Waals surface area contributed by atoms with E-state index in [2.05, 4.69) is 27.7 Å². The zero-order valence-corrected chi connectivity index (χ0v) is 16.1. The number of ketones is 2. The predicted octanol–water partition coefficient (Wildman–Crippen LogP) is 4.30. The van der Waals surface area contributed by atoms with E-state index in [-0.39, 0.29) is 16.6 Å². The van der Waals surface area contributed by atoms with Crippen LogP contribution in [0.15, 0.2) is 0 Å². The van der Waals surface area contributed by atoms with Crippen LogP contribution in [-0.4, -0.2) is 30.6 Å². The number of Topliss-reactive ketones (excluding diaryl/α,β-unsaturated/α-hetero) is 2.